The third-order valence-electron chi connectivity index (χ3n) is 5.50. The Kier molecular flexibility index (Phi) is 6.04. The highest BCUT2D eigenvalue weighted by molar-refractivity contribution is 6.30. The molecule has 3 atom stereocenters. The van der Waals surface area contributed by atoms with Crippen molar-refractivity contribution < 1.29 is 18.7 Å². The molecule has 1 saturated heterocycles. The van der Waals surface area contributed by atoms with Crippen molar-refractivity contribution in [1.29, 1.82) is 0 Å². The van der Waals surface area contributed by atoms with Crippen LogP contribution < -0.4 is 10.6 Å². The molecule has 2 amide bonds. The molecular formula is C23H22ClFN2O3. The summed E-state index contributed by atoms with van der Waals surface area (Å²) in [7, 11) is 0. The molecule has 2 aliphatic rings. The fraction of sp³-hybridized carbons (Fsp3) is 0.304. The van der Waals surface area contributed by atoms with E-state index in [1.54, 1.807) is 30.3 Å². The average Bonchev–Trinajstić information content (AvgIpc) is 2.74. The van der Waals surface area contributed by atoms with Gasteiger partial charge in [-0.2, -0.15) is 0 Å². The molecule has 156 valence electrons. The lowest BCUT2D eigenvalue weighted by molar-refractivity contribution is -0.134. The summed E-state index contributed by atoms with van der Waals surface area (Å²) in [4.78, 5) is 25.0. The van der Waals surface area contributed by atoms with Gasteiger partial charge in [-0.15, -0.1) is 0 Å². The summed E-state index contributed by atoms with van der Waals surface area (Å²) in [6.45, 7) is 0.276. The number of hydrogen-bond acceptors (Lipinski definition) is 3. The minimum absolute atomic E-state index is 0.0885. The number of fused-ring (bicyclic) bond motifs is 1. The van der Waals surface area contributed by atoms with Gasteiger partial charge in [-0.3, -0.25) is 9.59 Å². The monoisotopic (exact) mass is 428 g/mol. The van der Waals surface area contributed by atoms with Gasteiger partial charge in [0.15, 0.2) is 5.76 Å². The summed E-state index contributed by atoms with van der Waals surface area (Å²) in [5.74, 6) is -0.647. The molecule has 7 heteroatoms. The van der Waals surface area contributed by atoms with Crippen molar-refractivity contribution in [2.45, 2.75) is 38.0 Å². The first-order valence-electron chi connectivity index (χ1n) is 9.95. The first-order valence-corrected chi connectivity index (χ1v) is 10.3. The van der Waals surface area contributed by atoms with Gasteiger partial charge in [-0.1, -0.05) is 35.9 Å². The number of ether oxygens (including phenoxy) is 1. The summed E-state index contributed by atoms with van der Waals surface area (Å²) in [5.41, 5.74) is 1.54. The number of nitrogens with one attached hydrogen (secondary N) is 2. The van der Waals surface area contributed by atoms with E-state index in [2.05, 4.69) is 10.6 Å². The molecule has 0 radical (unpaired) electrons. The van der Waals surface area contributed by atoms with E-state index in [9.17, 15) is 14.0 Å². The predicted molar refractivity (Wildman–Crippen MR) is 112 cm³/mol. The van der Waals surface area contributed by atoms with Crippen LogP contribution >= 0.6 is 11.6 Å². The molecule has 0 aromatic heterocycles. The van der Waals surface area contributed by atoms with Gasteiger partial charge < -0.3 is 15.4 Å². The Bertz CT molecular complexity index is 977. The van der Waals surface area contributed by atoms with E-state index in [4.69, 9.17) is 16.3 Å². The maximum Gasteiger partial charge on any atom is 0.286 e. The van der Waals surface area contributed by atoms with Crippen LogP contribution in [-0.2, 0) is 20.9 Å². The van der Waals surface area contributed by atoms with Crippen molar-refractivity contribution in [1.82, 2.24) is 10.6 Å². The molecule has 1 heterocycles. The van der Waals surface area contributed by atoms with Gasteiger partial charge in [0.25, 0.3) is 5.91 Å². The molecule has 0 bridgehead atoms. The molecule has 5 nitrogen and oxygen atoms in total. The topological polar surface area (TPSA) is 67.4 Å². The fourth-order valence-corrected chi connectivity index (χ4v) is 4.05. The Morgan fingerprint density at radius 1 is 1.23 bits per heavy atom. The van der Waals surface area contributed by atoms with Crippen LogP contribution in [0.5, 0.6) is 0 Å². The minimum atomic E-state index is -0.327. The smallest absolute Gasteiger partial charge is 0.286 e. The number of hydrogen-bond donors (Lipinski definition) is 2. The maximum absolute atomic E-state index is 13.3. The van der Waals surface area contributed by atoms with E-state index in [-0.39, 0.29) is 48.0 Å². The van der Waals surface area contributed by atoms with Crippen LogP contribution in [0.3, 0.4) is 0 Å². The molecule has 1 aliphatic heterocycles. The zero-order chi connectivity index (χ0) is 21.1. The molecule has 3 unspecified atom stereocenters. The predicted octanol–water partition coefficient (Wildman–Crippen LogP) is 3.82. The second kappa shape index (κ2) is 8.88. The van der Waals surface area contributed by atoms with E-state index in [1.165, 1.54) is 12.1 Å². The summed E-state index contributed by atoms with van der Waals surface area (Å²) in [5, 5.41) is 6.47. The minimum Gasteiger partial charge on any atom is -0.483 e. The van der Waals surface area contributed by atoms with Gasteiger partial charge in [0, 0.05) is 17.5 Å². The number of amides is 2. The SMILES string of the molecule is O=C1NC2CC(C(=O)NCc3cccc(F)c3)CCC2O/C1=C\c1ccc(Cl)cc1. The number of morpholine rings is 1. The molecule has 30 heavy (non-hydrogen) atoms. The van der Waals surface area contributed by atoms with Gasteiger partial charge in [-0.25, -0.2) is 4.39 Å². The summed E-state index contributed by atoms with van der Waals surface area (Å²) in [6.07, 6.45) is 3.38. The lowest BCUT2D eigenvalue weighted by Gasteiger charge is -2.39. The maximum atomic E-state index is 13.3. The Hall–Kier alpha value is -2.86. The van der Waals surface area contributed by atoms with Gasteiger partial charge in [-0.05, 0) is 60.7 Å². The van der Waals surface area contributed by atoms with E-state index in [0.717, 1.165) is 5.56 Å². The first-order chi connectivity index (χ1) is 14.5. The molecule has 4 rings (SSSR count). The molecule has 1 saturated carbocycles. The number of halogens is 2. The van der Waals surface area contributed by atoms with Gasteiger partial charge in [0.1, 0.15) is 11.9 Å². The number of carbonyl (C=O) groups is 2. The summed E-state index contributed by atoms with van der Waals surface area (Å²) < 4.78 is 19.2. The second-order valence-electron chi connectivity index (χ2n) is 7.65. The van der Waals surface area contributed by atoms with Crippen LogP contribution in [0.25, 0.3) is 6.08 Å². The third kappa shape index (κ3) is 4.82. The van der Waals surface area contributed by atoms with E-state index in [0.29, 0.717) is 29.8 Å². The Morgan fingerprint density at radius 2 is 2.03 bits per heavy atom. The fourth-order valence-electron chi connectivity index (χ4n) is 3.92. The summed E-state index contributed by atoms with van der Waals surface area (Å²) in [6, 6.07) is 13.1. The van der Waals surface area contributed by atoms with Crippen molar-refractivity contribution in [2.75, 3.05) is 0 Å². The number of benzene rings is 2. The average molecular weight is 429 g/mol. The lowest BCUT2D eigenvalue weighted by Crippen LogP contribution is -2.54. The highest BCUT2D eigenvalue weighted by atomic mass is 35.5. The molecule has 2 N–H and O–H groups in total. The summed E-state index contributed by atoms with van der Waals surface area (Å²) >= 11 is 5.90. The van der Waals surface area contributed by atoms with Crippen molar-refractivity contribution in [2.24, 2.45) is 5.92 Å². The van der Waals surface area contributed by atoms with Crippen LogP contribution in [0, 0.1) is 11.7 Å². The van der Waals surface area contributed by atoms with Crippen LogP contribution in [0.2, 0.25) is 5.02 Å². The van der Waals surface area contributed by atoms with Crippen molar-refractivity contribution >= 4 is 29.5 Å². The zero-order valence-electron chi connectivity index (χ0n) is 16.2. The molecule has 2 aromatic rings. The molecular weight excluding hydrogens is 407 g/mol. The lowest BCUT2D eigenvalue weighted by atomic mass is 9.82. The van der Waals surface area contributed by atoms with Gasteiger partial charge >= 0.3 is 0 Å². The normalized spacial score (nSPS) is 24.5. The van der Waals surface area contributed by atoms with E-state index >= 15 is 0 Å². The highest BCUT2D eigenvalue weighted by Crippen LogP contribution is 2.31. The van der Waals surface area contributed by atoms with Crippen molar-refractivity contribution in [3.8, 4) is 0 Å². The number of rotatable bonds is 4. The van der Waals surface area contributed by atoms with Crippen LogP contribution in [0.15, 0.2) is 54.3 Å². The first kappa shape index (κ1) is 20.4. The van der Waals surface area contributed by atoms with E-state index in [1.807, 2.05) is 12.1 Å². The van der Waals surface area contributed by atoms with Gasteiger partial charge in [0.2, 0.25) is 5.91 Å². The Balaban J connectivity index is 1.34. The van der Waals surface area contributed by atoms with Gasteiger partial charge in [0.05, 0.1) is 6.04 Å². The third-order valence-corrected chi connectivity index (χ3v) is 5.75. The van der Waals surface area contributed by atoms with Crippen molar-refractivity contribution in [3.63, 3.8) is 0 Å². The quantitative estimate of drug-likeness (QED) is 0.727. The molecule has 0 spiro atoms. The van der Waals surface area contributed by atoms with Crippen LogP contribution in [-0.4, -0.2) is 24.0 Å². The largest absolute Gasteiger partial charge is 0.483 e. The number of carbonyl (C=O) groups excluding carboxylic acids is 2. The Labute approximate surface area is 179 Å². The standard InChI is InChI=1S/C23H22ClFN2O3/c24-17-7-4-14(5-8-17)11-21-23(29)27-19-12-16(6-9-20(19)30-21)22(28)26-13-15-2-1-3-18(25)10-15/h1-5,7-8,10-11,16,19-20H,6,9,12-13H2,(H,26,28)(H,27,29)/b21-11-. The zero-order valence-corrected chi connectivity index (χ0v) is 17.0. The van der Waals surface area contributed by atoms with Crippen molar-refractivity contribution in [3.05, 3.63) is 76.3 Å². The van der Waals surface area contributed by atoms with Crippen LogP contribution in [0.4, 0.5) is 4.39 Å². The van der Waals surface area contributed by atoms with Crippen LogP contribution in [0.1, 0.15) is 30.4 Å². The second-order valence-corrected chi connectivity index (χ2v) is 8.09. The Morgan fingerprint density at radius 3 is 2.80 bits per heavy atom. The highest BCUT2D eigenvalue weighted by Gasteiger charge is 2.40. The molecule has 2 fully saturated rings. The molecule has 2 aromatic carbocycles. The molecule has 1 aliphatic carbocycles. The van der Waals surface area contributed by atoms with E-state index < -0.39 is 0 Å².